The van der Waals surface area contributed by atoms with E-state index in [9.17, 15) is 4.79 Å². The molecule has 2 unspecified atom stereocenters. The number of hydrogen-bond acceptors (Lipinski definition) is 3. The van der Waals surface area contributed by atoms with Gasteiger partial charge in [-0.3, -0.25) is 9.69 Å². The van der Waals surface area contributed by atoms with E-state index in [4.69, 9.17) is 5.73 Å². The van der Waals surface area contributed by atoms with Crippen molar-refractivity contribution in [3.63, 3.8) is 0 Å². The zero-order valence-corrected chi connectivity index (χ0v) is 11.2. The van der Waals surface area contributed by atoms with Gasteiger partial charge in [-0.25, -0.2) is 0 Å². The number of amides is 1. The molecule has 2 atom stereocenters. The van der Waals surface area contributed by atoms with E-state index in [1.54, 1.807) is 0 Å². The largest absolute Gasteiger partial charge is 0.355 e. The van der Waals surface area contributed by atoms with Gasteiger partial charge in [0.1, 0.15) is 0 Å². The van der Waals surface area contributed by atoms with Crippen LogP contribution in [0.5, 0.6) is 0 Å². The van der Waals surface area contributed by atoms with E-state index in [1.807, 2.05) is 0 Å². The molecule has 100 valence electrons. The molecular weight excluding hydrogens is 214 g/mol. The lowest BCUT2D eigenvalue weighted by atomic mass is 9.91. The number of nitrogens with one attached hydrogen (secondary N) is 1. The van der Waals surface area contributed by atoms with E-state index < -0.39 is 0 Å². The van der Waals surface area contributed by atoms with E-state index in [-0.39, 0.29) is 5.91 Å². The van der Waals surface area contributed by atoms with Crippen molar-refractivity contribution in [2.45, 2.75) is 45.6 Å². The lowest BCUT2D eigenvalue weighted by Gasteiger charge is -2.36. The molecule has 0 aromatic rings. The van der Waals surface area contributed by atoms with Crippen LogP contribution in [0.1, 0.15) is 39.5 Å². The molecule has 0 bridgehead atoms. The molecule has 4 heteroatoms. The van der Waals surface area contributed by atoms with Crippen molar-refractivity contribution in [2.24, 2.45) is 11.7 Å². The van der Waals surface area contributed by atoms with E-state index in [1.165, 1.54) is 0 Å². The minimum Gasteiger partial charge on any atom is -0.355 e. The first-order valence-corrected chi connectivity index (χ1v) is 6.92. The molecule has 1 amide bonds. The number of likely N-dealkylation sites (tertiary alicyclic amines) is 1. The fourth-order valence-corrected chi connectivity index (χ4v) is 2.36. The van der Waals surface area contributed by atoms with Crippen molar-refractivity contribution >= 4 is 5.91 Å². The molecule has 3 N–H and O–H groups in total. The number of piperidine rings is 1. The van der Waals surface area contributed by atoms with Crippen molar-refractivity contribution in [3.05, 3.63) is 0 Å². The second kappa shape index (κ2) is 7.67. The Morgan fingerprint density at radius 3 is 2.88 bits per heavy atom. The fraction of sp³-hybridized carbons (Fsp3) is 0.923. The Kier molecular flexibility index (Phi) is 6.52. The summed E-state index contributed by atoms with van der Waals surface area (Å²) in [4.78, 5) is 13.9. The van der Waals surface area contributed by atoms with Crippen molar-refractivity contribution in [3.8, 4) is 0 Å². The minimum atomic E-state index is 0.156. The van der Waals surface area contributed by atoms with Gasteiger partial charge in [-0.05, 0) is 18.8 Å². The predicted octanol–water partition coefficient (Wildman–Crippen LogP) is 0.962. The number of carbonyl (C=O) groups excluding carboxylic acids is 1. The molecule has 4 nitrogen and oxygen atoms in total. The maximum absolute atomic E-state index is 11.7. The van der Waals surface area contributed by atoms with Crippen LogP contribution in [0.15, 0.2) is 0 Å². The molecule has 1 heterocycles. The molecule has 1 aliphatic rings. The van der Waals surface area contributed by atoms with E-state index in [0.29, 0.717) is 18.5 Å². The zero-order valence-electron chi connectivity index (χ0n) is 11.2. The Morgan fingerprint density at radius 2 is 2.24 bits per heavy atom. The molecular formula is C13H27N3O. The van der Waals surface area contributed by atoms with Crippen LogP contribution >= 0.6 is 0 Å². The summed E-state index contributed by atoms with van der Waals surface area (Å²) in [6.07, 6.45) is 4.31. The maximum atomic E-state index is 11.7. The van der Waals surface area contributed by atoms with E-state index >= 15 is 0 Å². The van der Waals surface area contributed by atoms with Gasteiger partial charge in [-0.2, -0.15) is 0 Å². The minimum absolute atomic E-state index is 0.156. The summed E-state index contributed by atoms with van der Waals surface area (Å²) in [6, 6.07) is 0.319. The molecule has 17 heavy (non-hydrogen) atoms. The van der Waals surface area contributed by atoms with Crippen molar-refractivity contribution in [2.75, 3.05) is 26.2 Å². The van der Waals surface area contributed by atoms with Crippen LogP contribution < -0.4 is 11.1 Å². The molecule has 0 aromatic carbocycles. The third kappa shape index (κ3) is 5.04. The van der Waals surface area contributed by atoms with Crippen molar-refractivity contribution < 1.29 is 4.79 Å². The third-order valence-electron chi connectivity index (χ3n) is 3.62. The number of unbranched alkanes of at least 4 members (excludes halogenated alkanes) is 1. The van der Waals surface area contributed by atoms with Crippen LogP contribution in [0.2, 0.25) is 0 Å². The summed E-state index contributed by atoms with van der Waals surface area (Å²) >= 11 is 0. The topological polar surface area (TPSA) is 58.4 Å². The highest BCUT2D eigenvalue weighted by atomic mass is 16.2. The smallest absolute Gasteiger partial charge is 0.234 e. The summed E-state index contributed by atoms with van der Waals surface area (Å²) < 4.78 is 0. The van der Waals surface area contributed by atoms with Crippen LogP contribution in [0.3, 0.4) is 0 Å². The monoisotopic (exact) mass is 241 g/mol. The summed E-state index contributed by atoms with van der Waals surface area (Å²) in [5.74, 6) is 0.705. The summed E-state index contributed by atoms with van der Waals surface area (Å²) in [6.45, 7) is 7.57. The average Bonchev–Trinajstić information content (AvgIpc) is 2.32. The summed E-state index contributed by atoms with van der Waals surface area (Å²) in [5.41, 5.74) is 6.05. The van der Waals surface area contributed by atoms with Crippen molar-refractivity contribution in [1.82, 2.24) is 10.2 Å². The van der Waals surface area contributed by atoms with Crippen LogP contribution in [-0.2, 0) is 4.79 Å². The summed E-state index contributed by atoms with van der Waals surface area (Å²) in [7, 11) is 0. The van der Waals surface area contributed by atoms with Crippen LogP contribution in [-0.4, -0.2) is 43.0 Å². The molecule has 0 radical (unpaired) electrons. The molecule has 1 aliphatic heterocycles. The highest BCUT2D eigenvalue weighted by molar-refractivity contribution is 5.77. The molecule has 0 aliphatic carbocycles. The molecule has 0 aromatic heterocycles. The standard InChI is InChI=1S/C13H27N3O/c1-3-5-7-15-13(17)10-16-8-6-12(14)11(4-2)9-16/h11-12H,3-10,14H2,1-2H3,(H,15,17). The van der Waals surface area contributed by atoms with Gasteiger partial charge < -0.3 is 11.1 Å². The van der Waals surface area contributed by atoms with Gasteiger partial charge in [-0.15, -0.1) is 0 Å². The van der Waals surface area contributed by atoms with Crippen LogP contribution in [0, 0.1) is 5.92 Å². The lowest BCUT2D eigenvalue weighted by molar-refractivity contribution is -0.122. The predicted molar refractivity (Wildman–Crippen MR) is 70.7 cm³/mol. The van der Waals surface area contributed by atoms with Gasteiger partial charge in [0.05, 0.1) is 6.54 Å². The van der Waals surface area contributed by atoms with E-state index in [2.05, 4.69) is 24.1 Å². The summed E-state index contributed by atoms with van der Waals surface area (Å²) in [5, 5.41) is 2.96. The second-order valence-electron chi connectivity index (χ2n) is 5.06. The molecule has 1 fully saturated rings. The Balaban J connectivity index is 2.24. The quantitative estimate of drug-likeness (QED) is 0.681. The van der Waals surface area contributed by atoms with Gasteiger partial charge in [0.25, 0.3) is 0 Å². The normalized spacial score (nSPS) is 25.8. The van der Waals surface area contributed by atoms with Crippen LogP contribution in [0.25, 0.3) is 0 Å². The lowest BCUT2D eigenvalue weighted by Crippen LogP contribution is -2.49. The Bertz CT molecular complexity index is 233. The van der Waals surface area contributed by atoms with Crippen LogP contribution in [0.4, 0.5) is 0 Å². The maximum Gasteiger partial charge on any atom is 0.234 e. The average molecular weight is 241 g/mol. The Labute approximate surface area is 105 Å². The first-order valence-electron chi connectivity index (χ1n) is 6.92. The first-order chi connectivity index (χ1) is 8.17. The van der Waals surface area contributed by atoms with Gasteiger partial charge in [0.15, 0.2) is 0 Å². The number of carbonyl (C=O) groups is 1. The molecule has 0 saturated carbocycles. The number of rotatable bonds is 6. The van der Waals surface area contributed by atoms with Gasteiger partial charge in [0.2, 0.25) is 5.91 Å². The Hall–Kier alpha value is -0.610. The first kappa shape index (κ1) is 14.5. The number of nitrogens with zero attached hydrogens (tertiary/aromatic N) is 1. The molecule has 0 spiro atoms. The number of nitrogens with two attached hydrogens (primary N) is 1. The molecule has 1 saturated heterocycles. The molecule has 1 rings (SSSR count). The second-order valence-corrected chi connectivity index (χ2v) is 5.06. The van der Waals surface area contributed by atoms with Crippen molar-refractivity contribution in [1.29, 1.82) is 0 Å². The van der Waals surface area contributed by atoms with Gasteiger partial charge in [0, 0.05) is 25.7 Å². The third-order valence-corrected chi connectivity index (χ3v) is 3.62. The van der Waals surface area contributed by atoms with Gasteiger partial charge >= 0.3 is 0 Å². The highest BCUT2D eigenvalue weighted by Gasteiger charge is 2.25. The number of hydrogen-bond donors (Lipinski definition) is 2. The van der Waals surface area contributed by atoms with Gasteiger partial charge in [-0.1, -0.05) is 26.7 Å². The van der Waals surface area contributed by atoms with E-state index in [0.717, 1.165) is 45.3 Å². The SMILES string of the molecule is CCCCNC(=O)CN1CCC(N)C(CC)C1. The Morgan fingerprint density at radius 1 is 1.47 bits per heavy atom. The zero-order chi connectivity index (χ0) is 12.7. The fourth-order valence-electron chi connectivity index (χ4n) is 2.36. The highest BCUT2D eigenvalue weighted by Crippen LogP contribution is 2.17.